The summed E-state index contributed by atoms with van der Waals surface area (Å²) in [6.45, 7) is 3.98. The zero-order valence-electron chi connectivity index (χ0n) is 9.34. The largest absolute Gasteiger partial charge is 0.213 e. The molecule has 14 heavy (non-hydrogen) atoms. The van der Waals surface area contributed by atoms with Gasteiger partial charge in [0.2, 0.25) is 10.0 Å². The van der Waals surface area contributed by atoms with Gasteiger partial charge in [0.05, 0.1) is 6.26 Å². The molecule has 0 amide bonds. The minimum atomic E-state index is -3.08. The summed E-state index contributed by atoms with van der Waals surface area (Å²) in [6.07, 6.45) is 7.30. The summed E-state index contributed by atoms with van der Waals surface area (Å²) >= 11 is 0. The van der Waals surface area contributed by atoms with Crippen LogP contribution in [0.3, 0.4) is 0 Å². The van der Waals surface area contributed by atoms with Crippen LogP contribution in [0.15, 0.2) is 0 Å². The lowest BCUT2D eigenvalue weighted by Gasteiger charge is -2.36. The molecule has 0 heterocycles. The van der Waals surface area contributed by atoms with Crippen molar-refractivity contribution in [2.24, 2.45) is 5.92 Å². The lowest BCUT2D eigenvalue weighted by molar-refractivity contribution is 0.222. The topological polar surface area (TPSA) is 46.2 Å². The van der Waals surface area contributed by atoms with Crippen molar-refractivity contribution in [1.82, 2.24) is 4.72 Å². The highest BCUT2D eigenvalue weighted by molar-refractivity contribution is 7.88. The third-order valence-corrected chi connectivity index (χ3v) is 3.97. The van der Waals surface area contributed by atoms with E-state index in [-0.39, 0.29) is 5.54 Å². The monoisotopic (exact) mass is 219 g/mol. The number of rotatable bonds is 3. The van der Waals surface area contributed by atoms with Gasteiger partial charge < -0.3 is 0 Å². The quantitative estimate of drug-likeness (QED) is 0.788. The van der Waals surface area contributed by atoms with Crippen molar-refractivity contribution < 1.29 is 8.42 Å². The SMILES string of the molecule is CC(C)(NS(C)(=O)=O)C1CCCCC1. The molecular formula is C10H21NO2S. The first kappa shape index (κ1) is 12.0. The van der Waals surface area contributed by atoms with Gasteiger partial charge in [-0.05, 0) is 32.6 Å². The van der Waals surface area contributed by atoms with Crippen LogP contribution in [0.2, 0.25) is 0 Å². The van der Waals surface area contributed by atoms with Crippen LogP contribution < -0.4 is 4.72 Å². The van der Waals surface area contributed by atoms with Gasteiger partial charge in [-0.25, -0.2) is 13.1 Å². The Bertz CT molecular complexity index is 276. The van der Waals surface area contributed by atoms with E-state index in [1.807, 2.05) is 13.8 Å². The summed E-state index contributed by atoms with van der Waals surface area (Å²) in [5.41, 5.74) is -0.284. The van der Waals surface area contributed by atoms with Crippen LogP contribution in [0, 0.1) is 5.92 Å². The van der Waals surface area contributed by atoms with Crippen molar-refractivity contribution in [2.75, 3.05) is 6.26 Å². The average Bonchev–Trinajstić information content (AvgIpc) is 2.01. The molecule has 0 aromatic rings. The maximum absolute atomic E-state index is 11.2. The zero-order chi connectivity index (χ0) is 10.8. The van der Waals surface area contributed by atoms with Crippen molar-refractivity contribution in [2.45, 2.75) is 51.5 Å². The van der Waals surface area contributed by atoms with Crippen LogP contribution in [0.4, 0.5) is 0 Å². The van der Waals surface area contributed by atoms with Crippen LogP contribution in [0.25, 0.3) is 0 Å². The van der Waals surface area contributed by atoms with Crippen molar-refractivity contribution in [3.05, 3.63) is 0 Å². The van der Waals surface area contributed by atoms with Gasteiger partial charge in [0.25, 0.3) is 0 Å². The Morgan fingerprint density at radius 3 is 2.07 bits per heavy atom. The molecule has 1 aliphatic rings. The fourth-order valence-electron chi connectivity index (χ4n) is 2.39. The minimum Gasteiger partial charge on any atom is -0.213 e. The Balaban J connectivity index is 2.63. The average molecular weight is 219 g/mol. The highest BCUT2D eigenvalue weighted by Crippen LogP contribution is 2.32. The van der Waals surface area contributed by atoms with Gasteiger partial charge in [0.1, 0.15) is 0 Å². The fraction of sp³-hybridized carbons (Fsp3) is 1.00. The molecule has 84 valence electrons. The summed E-state index contributed by atoms with van der Waals surface area (Å²) in [6, 6.07) is 0. The highest BCUT2D eigenvalue weighted by atomic mass is 32.2. The third kappa shape index (κ3) is 3.58. The molecule has 0 aliphatic heterocycles. The second kappa shape index (κ2) is 4.19. The molecule has 1 fully saturated rings. The molecule has 0 radical (unpaired) electrons. The number of sulfonamides is 1. The number of hydrogen-bond acceptors (Lipinski definition) is 2. The molecule has 0 unspecified atom stereocenters. The maximum Gasteiger partial charge on any atom is 0.209 e. The van der Waals surface area contributed by atoms with E-state index in [0.29, 0.717) is 5.92 Å². The second-order valence-corrected chi connectivity index (χ2v) is 6.68. The standard InChI is InChI=1S/C10H21NO2S/c1-10(2,11-14(3,12)13)9-7-5-4-6-8-9/h9,11H,4-8H2,1-3H3. The Morgan fingerprint density at radius 2 is 1.64 bits per heavy atom. The van der Waals surface area contributed by atoms with Crippen molar-refractivity contribution >= 4 is 10.0 Å². The van der Waals surface area contributed by atoms with Gasteiger partial charge in [-0.2, -0.15) is 0 Å². The Hall–Kier alpha value is -0.0900. The van der Waals surface area contributed by atoms with E-state index in [0.717, 1.165) is 12.8 Å². The van der Waals surface area contributed by atoms with Gasteiger partial charge in [-0.1, -0.05) is 19.3 Å². The first-order valence-electron chi connectivity index (χ1n) is 5.30. The van der Waals surface area contributed by atoms with E-state index < -0.39 is 10.0 Å². The van der Waals surface area contributed by atoms with Crippen LogP contribution in [-0.2, 0) is 10.0 Å². The molecule has 0 spiro atoms. The van der Waals surface area contributed by atoms with Gasteiger partial charge in [-0.3, -0.25) is 0 Å². The lowest BCUT2D eigenvalue weighted by atomic mass is 9.77. The Kier molecular flexibility index (Phi) is 3.58. The number of nitrogens with one attached hydrogen (secondary N) is 1. The lowest BCUT2D eigenvalue weighted by Crippen LogP contribution is -2.49. The van der Waals surface area contributed by atoms with Gasteiger partial charge in [0.15, 0.2) is 0 Å². The van der Waals surface area contributed by atoms with Crippen molar-refractivity contribution in [3.8, 4) is 0 Å². The smallest absolute Gasteiger partial charge is 0.209 e. The predicted molar refractivity (Wildman–Crippen MR) is 58.6 cm³/mol. The predicted octanol–water partition coefficient (Wildman–Crippen LogP) is 1.89. The first-order chi connectivity index (χ1) is 6.31. The molecule has 3 nitrogen and oxygen atoms in total. The van der Waals surface area contributed by atoms with Gasteiger partial charge in [0, 0.05) is 5.54 Å². The van der Waals surface area contributed by atoms with E-state index in [9.17, 15) is 8.42 Å². The summed E-state index contributed by atoms with van der Waals surface area (Å²) in [7, 11) is -3.08. The van der Waals surface area contributed by atoms with Crippen LogP contribution in [0.1, 0.15) is 46.0 Å². The first-order valence-corrected chi connectivity index (χ1v) is 7.19. The van der Waals surface area contributed by atoms with E-state index in [4.69, 9.17) is 0 Å². The molecule has 1 N–H and O–H groups in total. The molecular weight excluding hydrogens is 198 g/mol. The molecule has 0 aromatic carbocycles. The van der Waals surface area contributed by atoms with Crippen LogP contribution in [-0.4, -0.2) is 20.2 Å². The van der Waals surface area contributed by atoms with E-state index in [2.05, 4.69) is 4.72 Å². The molecule has 0 saturated heterocycles. The Labute approximate surface area is 87.3 Å². The molecule has 0 atom stereocenters. The van der Waals surface area contributed by atoms with Crippen LogP contribution >= 0.6 is 0 Å². The third-order valence-electron chi connectivity index (χ3n) is 3.07. The van der Waals surface area contributed by atoms with Crippen molar-refractivity contribution in [1.29, 1.82) is 0 Å². The Morgan fingerprint density at radius 1 is 1.14 bits per heavy atom. The summed E-state index contributed by atoms with van der Waals surface area (Å²) in [4.78, 5) is 0. The molecule has 0 aromatic heterocycles. The second-order valence-electron chi connectivity index (χ2n) is 4.93. The zero-order valence-corrected chi connectivity index (χ0v) is 10.2. The summed E-state index contributed by atoms with van der Waals surface area (Å²) in [5, 5.41) is 0. The van der Waals surface area contributed by atoms with E-state index in [1.54, 1.807) is 0 Å². The van der Waals surface area contributed by atoms with Gasteiger partial charge in [-0.15, -0.1) is 0 Å². The molecule has 0 bridgehead atoms. The maximum atomic E-state index is 11.2. The molecule has 1 aliphatic carbocycles. The van der Waals surface area contributed by atoms with E-state index >= 15 is 0 Å². The highest BCUT2D eigenvalue weighted by Gasteiger charge is 2.32. The van der Waals surface area contributed by atoms with Gasteiger partial charge >= 0.3 is 0 Å². The summed E-state index contributed by atoms with van der Waals surface area (Å²) < 4.78 is 25.1. The van der Waals surface area contributed by atoms with E-state index in [1.165, 1.54) is 25.5 Å². The normalized spacial score (nSPS) is 21.1. The number of hydrogen-bond donors (Lipinski definition) is 1. The van der Waals surface area contributed by atoms with Crippen LogP contribution in [0.5, 0.6) is 0 Å². The molecule has 4 heteroatoms. The molecule has 1 rings (SSSR count). The van der Waals surface area contributed by atoms with Crippen molar-refractivity contribution in [3.63, 3.8) is 0 Å². The fourth-order valence-corrected chi connectivity index (χ4v) is 3.51. The summed E-state index contributed by atoms with van der Waals surface area (Å²) in [5.74, 6) is 0.492. The minimum absolute atomic E-state index is 0.284. The molecule has 1 saturated carbocycles.